The first-order valence-corrected chi connectivity index (χ1v) is 9.60. The third-order valence-corrected chi connectivity index (χ3v) is 3.35. The van der Waals surface area contributed by atoms with E-state index in [0.717, 1.165) is 0 Å². The molecule has 0 fully saturated rings. The van der Waals surface area contributed by atoms with E-state index in [1.165, 1.54) is 0 Å². The number of amides is 1. The van der Waals surface area contributed by atoms with Crippen LogP contribution in [0.1, 0.15) is 19.8 Å². The standard InChI is InChI=1S/C20H35NO7/c1-3-4-5-6-19(2)20(23)21-7-9-24-11-13-26-15-17-28-18-16-27-14-12-25-10-8-22/h1,6,22H,4-5,7-18H2,2H3,(H,21,23)/b19-6+. The lowest BCUT2D eigenvalue weighted by molar-refractivity contribution is -0.117. The summed E-state index contributed by atoms with van der Waals surface area (Å²) in [5, 5.41) is 11.3. The van der Waals surface area contributed by atoms with E-state index < -0.39 is 0 Å². The Balaban J connectivity index is 3.24. The SMILES string of the molecule is C#CCC/C=C(\C)C(=O)NCCOCCOCCOCCOCCOCCO. The first-order chi connectivity index (χ1) is 13.7. The minimum Gasteiger partial charge on any atom is -0.394 e. The zero-order chi connectivity index (χ0) is 20.7. The second-order valence-electron chi connectivity index (χ2n) is 5.67. The van der Waals surface area contributed by atoms with Gasteiger partial charge >= 0.3 is 0 Å². The summed E-state index contributed by atoms with van der Waals surface area (Å²) in [5.41, 5.74) is 0.666. The van der Waals surface area contributed by atoms with E-state index in [9.17, 15) is 4.79 Å². The van der Waals surface area contributed by atoms with E-state index in [1.54, 1.807) is 6.92 Å². The maximum Gasteiger partial charge on any atom is 0.246 e. The molecule has 0 bridgehead atoms. The van der Waals surface area contributed by atoms with Crippen LogP contribution in [0.15, 0.2) is 11.6 Å². The van der Waals surface area contributed by atoms with Crippen LogP contribution in [0.25, 0.3) is 0 Å². The highest BCUT2D eigenvalue weighted by Crippen LogP contribution is 1.97. The number of unbranched alkanes of at least 4 members (excludes halogenated alkanes) is 1. The van der Waals surface area contributed by atoms with Gasteiger partial charge in [-0.15, -0.1) is 12.3 Å². The van der Waals surface area contributed by atoms with Gasteiger partial charge in [-0.1, -0.05) is 6.08 Å². The Labute approximate surface area is 168 Å². The molecule has 0 saturated heterocycles. The molecule has 0 aromatic carbocycles. The predicted octanol–water partition coefficient (Wildman–Crippen LogP) is 0.538. The number of terminal acetylenes is 1. The number of hydrogen-bond donors (Lipinski definition) is 2. The van der Waals surface area contributed by atoms with E-state index in [2.05, 4.69) is 11.2 Å². The molecule has 0 saturated carbocycles. The first-order valence-electron chi connectivity index (χ1n) is 9.60. The van der Waals surface area contributed by atoms with Crippen molar-refractivity contribution in [3.8, 4) is 12.3 Å². The molecule has 0 heterocycles. The number of ether oxygens (including phenoxy) is 5. The maximum absolute atomic E-state index is 11.7. The molecule has 0 unspecified atom stereocenters. The molecular formula is C20H35NO7. The van der Waals surface area contributed by atoms with Crippen molar-refractivity contribution < 1.29 is 33.6 Å². The highest BCUT2D eigenvalue weighted by Gasteiger charge is 2.02. The van der Waals surface area contributed by atoms with Crippen molar-refractivity contribution in [3.05, 3.63) is 11.6 Å². The van der Waals surface area contributed by atoms with Gasteiger partial charge in [-0.25, -0.2) is 0 Å². The third kappa shape index (κ3) is 19.3. The van der Waals surface area contributed by atoms with Gasteiger partial charge in [0, 0.05) is 18.5 Å². The van der Waals surface area contributed by atoms with Crippen molar-refractivity contribution in [1.82, 2.24) is 5.32 Å². The van der Waals surface area contributed by atoms with Crippen LogP contribution in [0.4, 0.5) is 0 Å². The van der Waals surface area contributed by atoms with Crippen molar-refractivity contribution >= 4 is 5.91 Å². The molecule has 0 rings (SSSR count). The summed E-state index contributed by atoms with van der Waals surface area (Å²) in [7, 11) is 0. The number of hydrogen-bond acceptors (Lipinski definition) is 7. The van der Waals surface area contributed by atoms with Crippen LogP contribution in [0.3, 0.4) is 0 Å². The zero-order valence-corrected chi connectivity index (χ0v) is 17.0. The topological polar surface area (TPSA) is 95.5 Å². The molecule has 0 aromatic heterocycles. The summed E-state index contributed by atoms with van der Waals surface area (Å²) in [6.45, 7) is 6.87. The van der Waals surface area contributed by atoms with Crippen LogP contribution in [-0.2, 0) is 28.5 Å². The van der Waals surface area contributed by atoms with Crippen molar-refractivity contribution in [3.63, 3.8) is 0 Å². The van der Waals surface area contributed by atoms with Gasteiger partial charge in [-0.05, 0) is 13.3 Å². The summed E-state index contributed by atoms with van der Waals surface area (Å²) in [6.07, 6.45) is 8.35. The van der Waals surface area contributed by atoms with Gasteiger partial charge in [0.15, 0.2) is 0 Å². The Hall–Kier alpha value is -1.47. The summed E-state index contributed by atoms with van der Waals surface area (Å²) in [4.78, 5) is 11.7. The first kappa shape index (κ1) is 26.5. The van der Waals surface area contributed by atoms with Gasteiger partial charge in [0.1, 0.15) is 0 Å². The van der Waals surface area contributed by atoms with E-state index in [0.29, 0.717) is 91.0 Å². The number of nitrogens with one attached hydrogen (secondary N) is 1. The van der Waals surface area contributed by atoms with Crippen molar-refractivity contribution in [2.75, 3.05) is 79.2 Å². The summed E-state index contributed by atoms with van der Waals surface area (Å²) < 4.78 is 26.5. The monoisotopic (exact) mass is 401 g/mol. The molecule has 8 heteroatoms. The number of aliphatic hydroxyl groups excluding tert-OH is 1. The average molecular weight is 402 g/mol. The predicted molar refractivity (Wildman–Crippen MR) is 106 cm³/mol. The fraction of sp³-hybridized carbons (Fsp3) is 0.750. The van der Waals surface area contributed by atoms with Crippen LogP contribution in [0, 0.1) is 12.3 Å². The Kier molecular flexibility index (Phi) is 20.7. The Morgan fingerprint density at radius 3 is 1.82 bits per heavy atom. The smallest absolute Gasteiger partial charge is 0.246 e. The molecule has 28 heavy (non-hydrogen) atoms. The van der Waals surface area contributed by atoms with Gasteiger partial charge in [0.2, 0.25) is 5.91 Å². The fourth-order valence-electron chi connectivity index (χ4n) is 1.89. The van der Waals surface area contributed by atoms with E-state index in [-0.39, 0.29) is 12.5 Å². The summed E-state index contributed by atoms with van der Waals surface area (Å²) >= 11 is 0. The van der Waals surface area contributed by atoms with Crippen LogP contribution < -0.4 is 5.32 Å². The third-order valence-electron chi connectivity index (χ3n) is 3.35. The fourth-order valence-corrected chi connectivity index (χ4v) is 1.89. The molecule has 162 valence electrons. The lowest BCUT2D eigenvalue weighted by Crippen LogP contribution is -2.28. The quantitative estimate of drug-likeness (QED) is 0.175. The molecule has 0 spiro atoms. The number of carbonyl (C=O) groups excluding carboxylic acids is 1. The van der Waals surface area contributed by atoms with E-state index in [4.69, 9.17) is 35.2 Å². The Morgan fingerprint density at radius 1 is 0.893 bits per heavy atom. The maximum atomic E-state index is 11.7. The Bertz CT molecular complexity index is 435. The molecule has 0 aromatic rings. The van der Waals surface area contributed by atoms with Crippen LogP contribution in [0.5, 0.6) is 0 Å². The Morgan fingerprint density at radius 2 is 1.36 bits per heavy atom. The van der Waals surface area contributed by atoms with E-state index in [1.807, 2.05) is 6.08 Å². The van der Waals surface area contributed by atoms with Crippen LogP contribution in [-0.4, -0.2) is 90.2 Å². The molecule has 0 aliphatic heterocycles. The van der Waals surface area contributed by atoms with Crippen LogP contribution in [0.2, 0.25) is 0 Å². The second kappa shape index (κ2) is 21.8. The molecule has 1 amide bonds. The number of carbonyl (C=O) groups is 1. The lowest BCUT2D eigenvalue weighted by Gasteiger charge is -2.08. The molecule has 0 atom stereocenters. The van der Waals surface area contributed by atoms with Gasteiger partial charge in [0.25, 0.3) is 0 Å². The van der Waals surface area contributed by atoms with Crippen molar-refractivity contribution in [2.24, 2.45) is 0 Å². The van der Waals surface area contributed by atoms with E-state index >= 15 is 0 Å². The van der Waals surface area contributed by atoms with Gasteiger partial charge < -0.3 is 34.1 Å². The van der Waals surface area contributed by atoms with Crippen LogP contribution >= 0.6 is 0 Å². The summed E-state index contributed by atoms with van der Waals surface area (Å²) in [5.74, 6) is 2.43. The molecule has 0 aliphatic rings. The minimum atomic E-state index is -0.101. The normalized spacial score (nSPS) is 11.4. The molecule has 0 radical (unpaired) electrons. The summed E-state index contributed by atoms with van der Waals surface area (Å²) in [6, 6.07) is 0. The second-order valence-corrected chi connectivity index (χ2v) is 5.67. The van der Waals surface area contributed by atoms with Crippen molar-refractivity contribution in [2.45, 2.75) is 19.8 Å². The lowest BCUT2D eigenvalue weighted by atomic mass is 10.2. The number of allylic oxidation sites excluding steroid dienone is 1. The minimum absolute atomic E-state index is 0.0240. The number of aliphatic hydroxyl groups is 1. The molecule has 8 nitrogen and oxygen atoms in total. The largest absolute Gasteiger partial charge is 0.394 e. The van der Waals surface area contributed by atoms with Gasteiger partial charge in [-0.2, -0.15) is 0 Å². The zero-order valence-electron chi connectivity index (χ0n) is 17.0. The highest BCUT2D eigenvalue weighted by atomic mass is 16.6. The highest BCUT2D eigenvalue weighted by molar-refractivity contribution is 5.92. The average Bonchev–Trinajstić information content (AvgIpc) is 2.70. The van der Waals surface area contributed by atoms with Gasteiger partial charge in [0.05, 0.1) is 72.7 Å². The number of rotatable bonds is 20. The molecule has 2 N–H and O–H groups in total. The molecular weight excluding hydrogens is 366 g/mol. The van der Waals surface area contributed by atoms with Crippen molar-refractivity contribution in [1.29, 1.82) is 0 Å². The molecule has 0 aliphatic carbocycles. The van der Waals surface area contributed by atoms with Gasteiger partial charge in [-0.3, -0.25) is 4.79 Å².